The van der Waals surface area contributed by atoms with Crippen molar-refractivity contribution in [2.45, 2.75) is 111 Å². The maximum atomic E-state index is 13.9. The monoisotopic (exact) mass is 847 g/mol. The van der Waals surface area contributed by atoms with Gasteiger partial charge in [-0.15, -0.1) is 0 Å². The molecule has 7 atom stereocenters. The molecule has 0 fully saturated rings. The molecule has 0 unspecified atom stereocenters. The standard InChI is InChI=1S/C45H66N8O8/c1-7-29(6)41(45(61)50-34(21-40(56)57)19-31-13-15-36(54)16-14-31)53-39(55)22-37(28(4)5)51-43(59)33(17-27(2)3)24-48-44(60)38(20-35-25-47-26-49-35)52-42(58)32(23-46)18-30-11-9-8-10-12-30/h8-16,25-29,32-34,37-38,41,54H,7,17-24,46H2,1-6H3,(H,47,49)(H,48,60)(H,50,61)(H,51,59)(H,52,58)(H,53,55)(H,56,57)/t29-,32-,33-,34-,37+,38-,41-/m0/s1. The first kappa shape index (κ1) is 49.6. The van der Waals surface area contributed by atoms with Crippen LogP contribution in [0.5, 0.6) is 5.75 Å². The number of aliphatic carboxylic acids is 1. The lowest BCUT2D eigenvalue weighted by Gasteiger charge is -2.29. The highest BCUT2D eigenvalue weighted by Gasteiger charge is 2.32. The number of nitrogens with zero attached hydrogens (tertiary/aromatic N) is 1. The van der Waals surface area contributed by atoms with E-state index in [2.05, 4.69) is 36.6 Å². The van der Waals surface area contributed by atoms with Crippen molar-refractivity contribution in [1.82, 2.24) is 36.6 Å². The number of carbonyl (C=O) groups excluding carboxylic acids is 5. The number of phenolic OH excluding ortho intramolecular Hbond substituents is 1. The maximum absolute atomic E-state index is 13.9. The number of aromatic nitrogens is 2. The van der Waals surface area contributed by atoms with E-state index in [9.17, 15) is 39.0 Å². The number of nitrogens with two attached hydrogens (primary N) is 1. The molecule has 16 nitrogen and oxygen atoms in total. The fourth-order valence-corrected chi connectivity index (χ4v) is 6.98. The van der Waals surface area contributed by atoms with Crippen molar-refractivity contribution in [3.8, 4) is 5.75 Å². The van der Waals surface area contributed by atoms with E-state index in [1.807, 2.05) is 71.9 Å². The summed E-state index contributed by atoms with van der Waals surface area (Å²) in [4.78, 5) is 87.2. The van der Waals surface area contributed by atoms with Crippen molar-refractivity contribution >= 4 is 35.5 Å². The molecule has 2 aromatic carbocycles. The van der Waals surface area contributed by atoms with E-state index in [1.54, 1.807) is 18.3 Å². The van der Waals surface area contributed by atoms with Crippen LogP contribution in [0.25, 0.3) is 0 Å². The molecule has 1 aromatic heterocycles. The van der Waals surface area contributed by atoms with Crippen molar-refractivity contribution in [3.05, 3.63) is 83.9 Å². The van der Waals surface area contributed by atoms with Crippen LogP contribution in [-0.2, 0) is 48.0 Å². The van der Waals surface area contributed by atoms with Crippen LogP contribution in [0.4, 0.5) is 0 Å². The highest BCUT2D eigenvalue weighted by Crippen LogP contribution is 2.17. The third-order valence-corrected chi connectivity index (χ3v) is 10.8. The zero-order valence-electron chi connectivity index (χ0n) is 36.3. The summed E-state index contributed by atoms with van der Waals surface area (Å²) in [5.74, 6) is -4.93. The molecule has 0 radical (unpaired) electrons. The molecule has 1 heterocycles. The number of aromatic hydroxyl groups is 1. The van der Waals surface area contributed by atoms with Crippen molar-refractivity contribution < 1.29 is 39.0 Å². The van der Waals surface area contributed by atoms with E-state index in [0.29, 0.717) is 25.0 Å². The summed E-state index contributed by atoms with van der Waals surface area (Å²) in [6, 6.07) is 12.4. The zero-order valence-corrected chi connectivity index (χ0v) is 36.3. The van der Waals surface area contributed by atoms with E-state index in [1.165, 1.54) is 18.5 Å². The molecule has 0 aliphatic carbocycles. The minimum Gasteiger partial charge on any atom is -0.508 e. The zero-order chi connectivity index (χ0) is 45.1. The second-order valence-electron chi connectivity index (χ2n) is 16.7. The van der Waals surface area contributed by atoms with Crippen LogP contribution in [0, 0.1) is 29.6 Å². The Hall–Kier alpha value is -5.77. The van der Waals surface area contributed by atoms with Crippen LogP contribution in [0.2, 0.25) is 0 Å². The van der Waals surface area contributed by atoms with Gasteiger partial charge in [0, 0.05) is 49.9 Å². The molecule has 10 N–H and O–H groups in total. The number of imidazole rings is 1. The number of phenols is 1. The highest BCUT2D eigenvalue weighted by atomic mass is 16.4. The van der Waals surface area contributed by atoms with Gasteiger partial charge in [-0.2, -0.15) is 0 Å². The molecule has 0 saturated heterocycles. The number of carboxylic acid groups (broad SMARTS) is 1. The van der Waals surface area contributed by atoms with Crippen molar-refractivity contribution in [3.63, 3.8) is 0 Å². The van der Waals surface area contributed by atoms with E-state index < -0.39 is 59.7 Å². The maximum Gasteiger partial charge on any atom is 0.305 e. The number of nitrogens with one attached hydrogen (secondary N) is 6. The molecule has 5 amide bonds. The SMILES string of the molecule is CC[C@H](C)[C@H](NC(=O)C[C@@H](NC(=O)[C@H](CNC(=O)[C@H](Cc1cnc[nH]1)NC(=O)[C@H](CN)Cc1ccccc1)CC(C)C)C(C)C)C(=O)N[C@H](CC(=O)O)Cc1ccc(O)cc1. The Morgan fingerprint density at radius 1 is 0.754 bits per heavy atom. The van der Waals surface area contributed by atoms with Crippen molar-refractivity contribution in [2.24, 2.45) is 35.3 Å². The lowest BCUT2D eigenvalue weighted by molar-refractivity contribution is -0.138. The van der Waals surface area contributed by atoms with Crippen molar-refractivity contribution in [2.75, 3.05) is 13.1 Å². The van der Waals surface area contributed by atoms with Crippen LogP contribution in [0.1, 0.15) is 84.0 Å². The number of hydrogen-bond donors (Lipinski definition) is 9. The largest absolute Gasteiger partial charge is 0.508 e. The Balaban J connectivity index is 1.69. The van der Waals surface area contributed by atoms with Gasteiger partial charge in [0.15, 0.2) is 0 Å². The number of carbonyl (C=O) groups is 6. The second kappa shape index (κ2) is 25.1. The second-order valence-corrected chi connectivity index (χ2v) is 16.7. The molecule has 0 bridgehead atoms. The quantitative estimate of drug-likeness (QED) is 0.0571. The first-order valence-corrected chi connectivity index (χ1v) is 21.2. The van der Waals surface area contributed by atoms with Crippen LogP contribution in [0.3, 0.4) is 0 Å². The summed E-state index contributed by atoms with van der Waals surface area (Å²) in [5.41, 5.74) is 8.29. The lowest BCUT2D eigenvalue weighted by atomic mass is 9.93. The number of rotatable bonds is 26. The number of carboxylic acids is 1. The van der Waals surface area contributed by atoms with Gasteiger partial charge >= 0.3 is 5.97 Å². The summed E-state index contributed by atoms with van der Waals surface area (Å²) in [6.07, 6.45) is 4.25. The minimum atomic E-state index is -1.10. The van der Waals surface area contributed by atoms with Crippen LogP contribution in [0.15, 0.2) is 67.1 Å². The first-order chi connectivity index (χ1) is 29.0. The fraction of sp³-hybridized carbons (Fsp3) is 0.533. The third-order valence-electron chi connectivity index (χ3n) is 10.8. The Bertz CT molecular complexity index is 1840. The Morgan fingerprint density at radius 3 is 1.98 bits per heavy atom. The Labute approximate surface area is 359 Å². The highest BCUT2D eigenvalue weighted by molar-refractivity contribution is 5.90. The van der Waals surface area contributed by atoms with Crippen LogP contribution in [-0.4, -0.2) is 92.9 Å². The minimum absolute atomic E-state index is 0.0303. The van der Waals surface area contributed by atoms with Gasteiger partial charge in [0.05, 0.1) is 24.6 Å². The number of H-pyrrole nitrogens is 1. The van der Waals surface area contributed by atoms with E-state index in [4.69, 9.17) is 5.73 Å². The Morgan fingerprint density at radius 2 is 1.41 bits per heavy atom. The van der Waals surface area contributed by atoms with Crippen molar-refractivity contribution in [1.29, 1.82) is 0 Å². The lowest BCUT2D eigenvalue weighted by Crippen LogP contribution is -2.55. The predicted molar refractivity (Wildman–Crippen MR) is 232 cm³/mol. The molecule has 0 spiro atoms. The Kier molecular flexibility index (Phi) is 20.4. The number of benzene rings is 2. The average Bonchev–Trinajstić information content (AvgIpc) is 3.73. The normalized spacial score (nSPS) is 14.8. The van der Waals surface area contributed by atoms with Gasteiger partial charge in [0.2, 0.25) is 29.5 Å². The summed E-state index contributed by atoms with van der Waals surface area (Å²) in [5, 5.41) is 33.6. The molecule has 0 aliphatic rings. The summed E-state index contributed by atoms with van der Waals surface area (Å²) < 4.78 is 0. The van der Waals surface area contributed by atoms with Crippen LogP contribution < -0.4 is 32.3 Å². The molecule has 3 rings (SSSR count). The average molecular weight is 847 g/mol. The van der Waals surface area contributed by atoms with Crippen LogP contribution >= 0.6 is 0 Å². The van der Waals surface area contributed by atoms with Gasteiger partial charge in [0.25, 0.3) is 0 Å². The third kappa shape index (κ3) is 17.4. The summed E-state index contributed by atoms with van der Waals surface area (Å²) in [7, 11) is 0. The summed E-state index contributed by atoms with van der Waals surface area (Å²) in [6.45, 7) is 11.4. The molecule has 0 saturated carbocycles. The molecular weight excluding hydrogens is 781 g/mol. The number of aromatic amines is 1. The molecule has 0 aliphatic heterocycles. The molecule has 61 heavy (non-hydrogen) atoms. The van der Waals surface area contributed by atoms with E-state index in [0.717, 1.165) is 11.1 Å². The van der Waals surface area contributed by atoms with E-state index in [-0.39, 0.29) is 74.1 Å². The molecular formula is C45H66N8O8. The predicted octanol–water partition coefficient (Wildman–Crippen LogP) is 3.00. The fourth-order valence-electron chi connectivity index (χ4n) is 6.98. The molecule has 334 valence electrons. The smallest absolute Gasteiger partial charge is 0.305 e. The van der Waals surface area contributed by atoms with Gasteiger partial charge in [-0.1, -0.05) is 90.4 Å². The van der Waals surface area contributed by atoms with E-state index >= 15 is 0 Å². The summed E-state index contributed by atoms with van der Waals surface area (Å²) >= 11 is 0. The topological polar surface area (TPSA) is 258 Å². The van der Waals surface area contributed by atoms with Gasteiger partial charge < -0.3 is 47.5 Å². The number of amides is 5. The van der Waals surface area contributed by atoms with Gasteiger partial charge in [-0.05, 0) is 60.3 Å². The van der Waals surface area contributed by atoms with Gasteiger partial charge in [-0.3, -0.25) is 28.8 Å². The molecule has 3 aromatic rings. The van der Waals surface area contributed by atoms with Gasteiger partial charge in [-0.25, -0.2) is 4.98 Å². The van der Waals surface area contributed by atoms with Gasteiger partial charge in [0.1, 0.15) is 17.8 Å². The first-order valence-electron chi connectivity index (χ1n) is 21.2. The molecule has 16 heteroatoms. The number of hydrogen-bond acceptors (Lipinski definition) is 9.